The van der Waals surface area contributed by atoms with Crippen LogP contribution in [-0.4, -0.2) is 30.7 Å². The first kappa shape index (κ1) is 12.5. The maximum absolute atomic E-state index is 11.6. The van der Waals surface area contributed by atoms with Crippen LogP contribution in [0.3, 0.4) is 0 Å². The quantitative estimate of drug-likeness (QED) is 0.711. The van der Waals surface area contributed by atoms with Crippen LogP contribution in [0.4, 0.5) is 0 Å². The van der Waals surface area contributed by atoms with E-state index in [1.165, 1.54) is 0 Å². The van der Waals surface area contributed by atoms with Gasteiger partial charge in [-0.1, -0.05) is 13.8 Å². The highest BCUT2D eigenvalue weighted by Gasteiger charge is 2.26. The van der Waals surface area contributed by atoms with E-state index in [-0.39, 0.29) is 17.6 Å². The highest BCUT2D eigenvalue weighted by molar-refractivity contribution is 5.81. The molecule has 1 saturated heterocycles. The molecule has 0 bridgehead atoms. The molecule has 0 spiro atoms. The number of carbonyl (C=O) groups is 1. The molecule has 1 aliphatic rings. The maximum Gasteiger partial charge on any atom is 0.249 e. The fourth-order valence-corrected chi connectivity index (χ4v) is 1.66. The lowest BCUT2D eigenvalue weighted by Crippen LogP contribution is -2.51. The van der Waals surface area contributed by atoms with Crippen LogP contribution in [0, 0.1) is 0 Å². The summed E-state index contributed by atoms with van der Waals surface area (Å²) in [5.41, 5.74) is 5.82. The summed E-state index contributed by atoms with van der Waals surface area (Å²) in [4.78, 5) is 11.6. The summed E-state index contributed by atoms with van der Waals surface area (Å²) in [5.74, 6) is -0.00998. The summed E-state index contributed by atoms with van der Waals surface area (Å²) in [6.45, 7) is 5.33. The molecule has 1 heterocycles. The van der Waals surface area contributed by atoms with Gasteiger partial charge in [-0.15, -0.1) is 0 Å². The van der Waals surface area contributed by atoms with E-state index >= 15 is 0 Å². The predicted octanol–water partition coefficient (Wildman–Crippen LogP) is 0.799. The fraction of sp³-hybridized carbons (Fsp3) is 0.909. The Labute approximate surface area is 91.5 Å². The zero-order valence-corrected chi connectivity index (χ0v) is 9.71. The Kier molecular flexibility index (Phi) is 4.54. The summed E-state index contributed by atoms with van der Waals surface area (Å²) < 4.78 is 5.29. The van der Waals surface area contributed by atoms with Crippen LogP contribution in [0.2, 0.25) is 0 Å². The Morgan fingerprint density at radius 3 is 2.67 bits per heavy atom. The van der Waals surface area contributed by atoms with E-state index in [0.717, 1.165) is 25.7 Å². The van der Waals surface area contributed by atoms with Crippen molar-refractivity contribution in [3.63, 3.8) is 0 Å². The van der Waals surface area contributed by atoms with Crippen molar-refractivity contribution in [1.29, 1.82) is 0 Å². The molecule has 0 aromatic heterocycles. The fourth-order valence-electron chi connectivity index (χ4n) is 1.66. The molecular weight excluding hydrogens is 192 g/mol. The van der Waals surface area contributed by atoms with Crippen LogP contribution in [0.1, 0.15) is 39.5 Å². The molecule has 1 aliphatic heterocycles. The van der Waals surface area contributed by atoms with Gasteiger partial charge in [-0.25, -0.2) is 0 Å². The lowest BCUT2D eigenvalue weighted by Gasteiger charge is -2.27. The van der Waals surface area contributed by atoms with Crippen molar-refractivity contribution < 1.29 is 9.53 Å². The third-order valence-corrected chi connectivity index (χ3v) is 3.25. The van der Waals surface area contributed by atoms with Gasteiger partial charge in [-0.3, -0.25) is 4.79 Å². The first-order valence-corrected chi connectivity index (χ1v) is 5.79. The van der Waals surface area contributed by atoms with Crippen LogP contribution in [0.15, 0.2) is 0 Å². The van der Waals surface area contributed by atoms with Crippen molar-refractivity contribution in [2.24, 2.45) is 5.73 Å². The lowest BCUT2D eigenvalue weighted by molar-refractivity contribution is -0.130. The summed E-state index contributed by atoms with van der Waals surface area (Å²) in [7, 11) is 0. The SMILES string of the molecule is CCC(N)(CC)CNC(=O)[C@@H]1CCCO1. The van der Waals surface area contributed by atoms with E-state index in [9.17, 15) is 4.79 Å². The van der Waals surface area contributed by atoms with Crippen molar-refractivity contribution in [3.05, 3.63) is 0 Å². The summed E-state index contributed by atoms with van der Waals surface area (Å²) >= 11 is 0. The van der Waals surface area contributed by atoms with Gasteiger partial charge in [0.05, 0.1) is 0 Å². The number of rotatable bonds is 5. The predicted molar refractivity (Wildman–Crippen MR) is 59.5 cm³/mol. The lowest BCUT2D eigenvalue weighted by atomic mass is 9.94. The molecule has 0 unspecified atom stereocenters. The number of carbonyl (C=O) groups excluding carboxylic acids is 1. The van der Waals surface area contributed by atoms with Gasteiger partial charge in [0.15, 0.2) is 0 Å². The van der Waals surface area contributed by atoms with Gasteiger partial charge in [-0.2, -0.15) is 0 Å². The van der Waals surface area contributed by atoms with Gasteiger partial charge in [-0.05, 0) is 25.7 Å². The number of nitrogens with one attached hydrogen (secondary N) is 1. The maximum atomic E-state index is 11.6. The third kappa shape index (κ3) is 3.47. The molecule has 0 aromatic carbocycles. The Balaban J connectivity index is 2.32. The van der Waals surface area contributed by atoms with Crippen molar-refractivity contribution in [2.45, 2.75) is 51.2 Å². The van der Waals surface area contributed by atoms with E-state index < -0.39 is 0 Å². The topological polar surface area (TPSA) is 64.3 Å². The molecule has 3 N–H and O–H groups in total. The minimum Gasteiger partial charge on any atom is -0.368 e. The second-order valence-electron chi connectivity index (χ2n) is 4.29. The van der Waals surface area contributed by atoms with E-state index in [2.05, 4.69) is 5.32 Å². The molecule has 1 atom stereocenters. The van der Waals surface area contributed by atoms with Crippen LogP contribution >= 0.6 is 0 Å². The smallest absolute Gasteiger partial charge is 0.249 e. The molecule has 15 heavy (non-hydrogen) atoms. The molecule has 0 aliphatic carbocycles. The Morgan fingerprint density at radius 1 is 1.53 bits per heavy atom. The van der Waals surface area contributed by atoms with Crippen molar-refractivity contribution in [3.8, 4) is 0 Å². The molecule has 0 radical (unpaired) electrons. The highest BCUT2D eigenvalue weighted by Crippen LogP contribution is 2.13. The van der Waals surface area contributed by atoms with E-state index in [4.69, 9.17) is 10.5 Å². The number of hydrogen-bond donors (Lipinski definition) is 2. The number of ether oxygens (including phenoxy) is 1. The van der Waals surface area contributed by atoms with E-state index in [1.54, 1.807) is 0 Å². The standard InChI is InChI=1S/C11H22N2O2/c1-3-11(12,4-2)8-13-10(14)9-6-5-7-15-9/h9H,3-8,12H2,1-2H3,(H,13,14)/t9-/m0/s1. The molecule has 0 saturated carbocycles. The van der Waals surface area contributed by atoms with Crippen molar-refractivity contribution in [1.82, 2.24) is 5.32 Å². The molecule has 4 heteroatoms. The monoisotopic (exact) mass is 214 g/mol. The highest BCUT2D eigenvalue weighted by atomic mass is 16.5. The van der Waals surface area contributed by atoms with Crippen LogP contribution in [0.5, 0.6) is 0 Å². The molecular formula is C11H22N2O2. The number of hydrogen-bond acceptors (Lipinski definition) is 3. The third-order valence-electron chi connectivity index (χ3n) is 3.25. The summed E-state index contributed by atoms with van der Waals surface area (Å²) in [6.07, 6.45) is 3.31. The molecule has 0 aromatic rings. The first-order valence-electron chi connectivity index (χ1n) is 5.79. The van der Waals surface area contributed by atoms with Crippen LogP contribution in [-0.2, 0) is 9.53 Å². The van der Waals surface area contributed by atoms with Gasteiger partial charge in [0.1, 0.15) is 6.10 Å². The Hall–Kier alpha value is -0.610. The summed E-state index contributed by atoms with van der Waals surface area (Å²) in [6, 6.07) is 0. The van der Waals surface area contributed by atoms with Gasteiger partial charge in [0, 0.05) is 18.7 Å². The Morgan fingerprint density at radius 2 is 2.20 bits per heavy atom. The zero-order chi connectivity index (χ0) is 11.3. The second kappa shape index (κ2) is 5.47. The number of amides is 1. The average molecular weight is 214 g/mol. The Bertz CT molecular complexity index is 209. The molecule has 1 fully saturated rings. The molecule has 1 amide bonds. The second-order valence-corrected chi connectivity index (χ2v) is 4.29. The minimum absolute atomic E-state index is 0.00998. The van der Waals surface area contributed by atoms with Gasteiger partial charge in [0.2, 0.25) is 5.91 Å². The van der Waals surface area contributed by atoms with Crippen LogP contribution < -0.4 is 11.1 Å². The van der Waals surface area contributed by atoms with Crippen LogP contribution in [0.25, 0.3) is 0 Å². The van der Waals surface area contributed by atoms with Crippen molar-refractivity contribution in [2.75, 3.05) is 13.2 Å². The van der Waals surface area contributed by atoms with Gasteiger partial charge < -0.3 is 15.8 Å². The normalized spacial score (nSPS) is 21.7. The average Bonchev–Trinajstić information content (AvgIpc) is 2.79. The zero-order valence-electron chi connectivity index (χ0n) is 9.71. The van der Waals surface area contributed by atoms with Crippen molar-refractivity contribution >= 4 is 5.91 Å². The van der Waals surface area contributed by atoms with Gasteiger partial charge in [0.25, 0.3) is 0 Å². The molecule has 1 rings (SSSR count). The first-order chi connectivity index (χ1) is 7.11. The molecule has 88 valence electrons. The minimum atomic E-state index is -0.270. The summed E-state index contributed by atoms with van der Waals surface area (Å²) in [5, 5.41) is 2.88. The van der Waals surface area contributed by atoms with Gasteiger partial charge >= 0.3 is 0 Å². The molecule has 4 nitrogen and oxygen atoms in total. The largest absolute Gasteiger partial charge is 0.368 e. The number of nitrogens with two attached hydrogens (primary N) is 1. The van der Waals surface area contributed by atoms with E-state index in [1.807, 2.05) is 13.8 Å². The van der Waals surface area contributed by atoms with E-state index in [0.29, 0.717) is 13.2 Å².